The van der Waals surface area contributed by atoms with Crippen LogP contribution in [0.2, 0.25) is 10.0 Å². The normalized spacial score (nSPS) is 12.2. The van der Waals surface area contributed by atoms with Crippen LogP contribution in [-0.4, -0.2) is 15.9 Å². The highest BCUT2D eigenvalue weighted by molar-refractivity contribution is 6.42. The lowest BCUT2D eigenvalue weighted by atomic mass is 10.1. The maximum atomic E-state index is 11.3. The van der Waals surface area contributed by atoms with Crippen molar-refractivity contribution in [2.24, 2.45) is 0 Å². The second kappa shape index (κ2) is 6.71. The van der Waals surface area contributed by atoms with Crippen molar-refractivity contribution < 1.29 is 4.79 Å². The van der Waals surface area contributed by atoms with Crippen LogP contribution in [-0.2, 0) is 4.79 Å². The number of rotatable bonds is 4. The number of fused-ring (bicyclic) bond motifs is 1. The Hall–Kier alpha value is -2.24. The fraction of sp³-hybridized carbons (Fsp3) is 0.176. The van der Waals surface area contributed by atoms with Crippen molar-refractivity contribution in [1.29, 1.82) is 0 Å². The average Bonchev–Trinajstić information content (AvgIpc) is 2.93. The Morgan fingerprint density at radius 3 is 2.71 bits per heavy atom. The lowest BCUT2D eigenvalue weighted by molar-refractivity contribution is -0.114. The second-order valence-corrected chi connectivity index (χ2v) is 6.32. The molecule has 0 fully saturated rings. The van der Waals surface area contributed by atoms with E-state index in [9.17, 15) is 4.79 Å². The molecule has 3 aromatic rings. The molecule has 2 aromatic carbocycles. The van der Waals surface area contributed by atoms with Gasteiger partial charge >= 0.3 is 0 Å². The zero-order valence-electron chi connectivity index (χ0n) is 13.2. The fourth-order valence-electron chi connectivity index (χ4n) is 2.46. The van der Waals surface area contributed by atoms with Crippen LogP contribution < -0.4 is 10.6 Å². The number of nitrogens with zero attached hydrogens (tertiary/aromatic N) is 1. The van der Waals surface area contributed by atoms with Gasteiger partial charge in [0.1, 0.15) is 5.52 Å². The first-order valence-electron chi connectivity index (χ1n) is 7.42. The van der Waals surface area contributed by atoms with E-state index in [1.54, 1.807) is 6.07 Å². The summed E-state index contributed by atoms with van der Waals surface area (Å²) in [5.74, 6) is 0.477. The Balaban J connectivity index is 1.87. The van der Waals surface area contributed by atoms with Crippen LogP contribution in [0.1, 0.15) is 25.5 Å². The third-order valence-electron chi connectivity index (χ3n) is 3.62. The molecule has 0 saturated carbocycles. The number of halogens is 2. The van der Waals surface area contributed by atoms with Crippen molar-refractivity contribution in [2.45, 2.75) is 19.9 Å². The lowest BCUT2D eigenvalue weighted by Crippen LogP contribution is -2.08. The van der Waals surface area contributed by atoms with E-state index in [0.717, 1.165) is 11.1 Å². The summed E-state index contributed by atoms with van der Waals surface area (Å²) in [6.45, 7) is 3.47. The van der Waals surface area contributed by atoms with Crippen LogP contribution in [0.3, 0.4) is 0 Å². The average molecular weight is 363 g/mol. The van der Waals surface area contributed by atoms with Crippen LogP contribution in [0, 0.1) is 0 Å². The highest BCUT2D eigenvalue weighted by Gasteiger charge is 2.12. The largest absolute Gasteiger partial charge is 0.349 e. The standard InChI is InChI=1S/C17H16Cl2N4O/c1-9(11-6-7-12(18)13(19)8-11)20-17-22-15-5-3-4-14(16(15)23-17)21-10(2)24/h3-9H,1-2H3,(H,21,24)(H2,20,22,23). The van der Waals surface area contributed by atoms with Crippen LogP contribution in [0.4, 0.5) is 11.6 Å². The molecule has 1 atom stereocenters. The van der Waals surface area contributed by atoms with E-state index in [0.29, 0.717) is 27.2 Å². The van der Waals surface area contributed by atoms with Gasteiger partial charge in [-0.25, -0.2) is 4.98 Å². The maximum absolute atomic E-state index is 11.3. The summed E-state index contributed by atoms with van der Waals surface area (Å²) in [6.07, 6.45) is 0. The summed E-state index contributed by atoms with van der Waals surface area (Å²) in [5.41, 5.74) is 3.21. The third kappa shape index (κ3) is 3.47. The summed E-state index contributed by atoms with van der Waals surface area (Å²) < 4.78 is 0. The molecule has 1 unspecified atom stereocenters. The molecule has 0 spiro atoms. The highest BCUT2D eigenvalue weighted by Crippen LogP contribution is 2.28. The van der Waals surface area contributed by atoms with Gasteiger partial charge in [-0.2, -0.15) is 0 Å². The molecular formula is C17H16Cl2N4O. The maximum Gasteiger partial charge on any atom is 0.221 e. The molecule has 1 aromatic heterocycles. The minimum atomic E-state index is -0.135. The number of amides is 1. The summed E-state index contributed by atoms with van der Waals surface area (Å²) in [5, 5.41) is 7.11. The molecule has 0 aliphatic carbocycles. The van der Waals surface area contributed by atoms with E-state index in [1.165, 1.54) is 6.92 Å². The number of carbonyl (C=O) groups excluding carboxylic acids is 1. The molecule has 5 nitrogen and oxygen atoms in total. The number of anilines is 2. The first-order valence-corrected chi connectivity index (χ1v) is 8.17. The van der Waals surface area contributed by atoms with Gasteiger partial charge in [-0.05, 0) is 36.8 Å². The fourth-order valence-corrected chi connectivity index (χ4v) is 2.77. The minimum Gasteiger partial charge on any atom is -0.349 e. The van der Waals surface area contributed by atoms with Gasteiger partial charge in [0.2, 0.25) is 11.9 Å². The molecule has 1 heterocycles. The topological polar surface area (TPSA) is 69.8 Å². The monoisotopic (exact) mass is 362 g/mol. The van der Waals surface area contributed by atoms with Crippen LogP contribution >= 0.6 is 23.2 Å². The van der Waals surface area contributed by atoms with Crippen molar-refractivity contribution in [2.75, 3.05) is 10.6 Å². The van der Waals surface area contributed by atoms with Gasteiger partial charge in [0.25, 0.3) is 0 Å². The van der Waals surface area contributed by atoms with Crippen LogP contribution in [0.15, 0.2) is 36.4 Å². The molecule has 0 aliphatic heterocycles. The van der Waals surface area contributed by atoms with Gasteiger partial charge in [-0.3, -0.25) is 4.79 Å². The van der Waals surface area contributed by atoms with Crippen molar-refractivity contribution in [3.63, 3.8) is 0 Å². The number of hydrogen-bond acceptors (Lipinski definition) is 3. The van der Waals surface area contributed by atoms with E-state index in [2.05, 4.69) is 20.6 Å². The number of carbonyl (C=O) groups is 1. The molecule has 124 valence electrons. The van der Waals surface area contributed by atoms with Crippen molar-refractivity contribution in [3.05, 3.63) is 52.0 Å². The van der Waals surface area contributed by atoms with Gasteiger partial charge in [-0.15, -0.1) is 0 Å². The Morgan fingerprint density at radius 1 is 1.21 bits per heavy atom. The van der Waals surface area contributed by atoms with E-state index in [1.807, 2.05) is 37.3 Å². The number of aromatic amines is 1. The molecular weight excluding hydrogens is 347 g/mol. The predicted octanol–water partition coefficient (Wildman–Crippen LogP) is 5.00. The molecule has 1 amide bonds. The van der Waals surface area contributed by atoms with Gasteiger partial charge in [0.15, 0.2) is 0 Å². The zero-order chi connectivity index (χ0) is 17.3. The molecule has 0 saturated heterocycles. The van der Waals surface area contributed by atoms with E-state index in [-0.39, 0.29) is 11.9 Å². The van der Waals surface area contributed by atoms with Gasteiger partial charge in [0.05, 0.1) is 27.3 Å². The first-order chi connectivity index (χ1) is 11.4. The third-order valence-corrected chi connectivity index (χ3v) is 4.36. The molecule has 3 rings (SSSR count). The SMILES string of the molecule is CC(=O)Nc1cccc2[nH]c(NC(C)c3ccc(Cl)c(Cl)c3)nc12. The van der Waals surface area contributed by atoms with Crippen LogP contribution in [0.5, 0.6) is 0 Å². The Labute approximate surface area is 149 Å². The van der Waals surface area contributed by atoms with Crippen molar-refractivity contribution in [3.8, 4) is 0 Å². The number of para-hydroxylation sites is 1. The number of hydrogen-bond donors (Lipinski definition) is 3. The van der Waals surface area contributed by atoms with Crippen molar-refractivity contribution in [1.82, 2.24) is 9.97 Å². The quantitative estimate of drug-likeness (QED) is 0.611. The molecule has 24 heavy (non-hydrogen) atoms. The summed E-state index contributed by atoms with van der Waals surface area (Å²) >= 11 is 12.0. The molecule has 0 aliphatic rings. The zero-order valence-corrected chi connectivity index (χ0v) is 14.7. The Bertz CT molecular complexity index is 907. The van der Waals surface area contributed by atoms with E-state index in [4.69, 9.17) is 23.2 Å². The highest BCUT2D eigenvalue weighted by atomic mass is 35.5. The summed E-state index contributed by atoms with van der Waals surface area (Å²) in [7, 11) is 0. The summed E-state index contributed by atoms with van der Waals surface area (Å²) in [6, 6.07) is 11.1. The first kappa shape index (κ1) is 16.6. The number of imidazole rings is 1. The predicted molar refractivity (Wildman–Crippen MR) is 98.9 cm³/mol. The van der Waals surface area contributed by atoms with Crippen LogP contribution in [0.25, 0.3) is 11.0 Å². The number of aromatic nitrogens is 2. The van der Waals surface area contributed by atoms with E-state index >= 15 is 0 Å². The minimum absolute atomic E-state index is 0.0236. The number of benzene rings is 2. The summed E-state index contributed by atoms with van der Waals surface area (Å²) in [4.78, 5) is 19.0. The number of nitrogens with one attached hydrogen (secondary N) is 3. The molecule has 7 heteroatoms. The Morgan fingerprint density at radius 2 is 2.00 bits per heavy atom. The molecule has 0 radical (unpaired) electrons. The smallest absolute Gasteiger partial charge is 0.221 e. The lowest BCUT2D eigenvalue weighted by Gasteiger charge is -2.14. The van der Waals surface area contributed by atoms with Gasteiger partial charge in [-0.1, -0.05) is 35.3 Å². The molecule has 0 bridgehead atoms. The molecule has 3 N–H and O–H groups in total. The van der Waals surface area contributed by atoms with Gasteiger partial charge < -0.3 is 15.6 Å². The second-order valence-electron chi connectivity index (χ2n) is 5.51. The van der Waals surface area contributed by atoms with Gasteiger partial charge in [0, 0.05) is 6.92 Å². The Kier molecular flexibility index (Phi) is 4.64. The number of H-pyrrole nitrogens is 1. The van der Waals surface area contributed by atoms with E-state index < -0.39 is 0 Å². The van der Waals surface area contributed by atoms with Crippen molar-refractivity contribution >= 4 is 51.8 Å².